The van der Waals surface area contributed by atoms with Gasteiger partial charge in [-0.3, -0.25) is 4.57 Å². The molecule has 3 nitrogen and oxygen atoms in total. The summed E-state index contributed by atoms with van der Waals surface area (Å²) in [4.78, 5) is 0. The Morgan fingerprint density at radius 1 is 1.29 bits per heavy atom. The van der Waals surface area contributed by atoms with Crippen molar-refractivity contribution in [1.82, 2.24) is 0 Å². The van der Waals surface area contributed by atoms with E-state index in [1.54, 1.807) is 0 Å². The first-order valence-corrected chi connectivity index (χ1v) is 2.15. The van der Waals surface area contributed by atoms with Gasteiger partial charge in [-0.25, -0.2) is 0 Å². The van der Waals surface area contributed by atoms with Crippen LogP contribution in [-0.4, -0.2) is 18.9 Å². The average Bonchev–Trinajstić information content (AvgIpc) is 1.65. The summed E-state index contributed by atoms with van der Waals surface area (Å²) < 4.78 is 34.4. The third-order valence-corrected chi connectivity index (χ3v) is 0.378. The van der Waals surface area contributed by atoms with E-state index >= 15 is 0 Å². The number of rotatable bonds is 2. The van der Waals surface area contributed by atoms with Crippen LogP contribution in [0.1, 0.15) is 0 Å². The molecule has 7 heteroatoms. The van der Waals surface area contributed by atoms with E-state index < -0.39 is 8.25 Å². The molecule has 0 aliphatic rings. The molecule has 0 saturated heterocycles. The molecule has 0 heterocycles. The van der Waals surface area contributed by atoms with Gasteiger partial charge in [0.25, 0.3) is 0 Å². The van der Waals surface area contributed by atoms with Crippen molar-refractivity contribution in [1.29, 1.82) is 0 Å². The molecule has 0 aromatic carbocycles. The van der Waals surface area contributed by atoms with Crippen LogP contribution in [-0.2, 0) is 14.0 Å². The van der Waals surface area contributed by atoms with Crippen LogP contribution in [0.3, 0.4) is 0 Å². The summed E-state index contributed by atoms with van der Waals surface area (Å²) in [6.07, 6.45) is 0. The molecule has 0 radical (unpaired) electrons. The van der Waals surface area contributed by atoms with Crippen LogP contribution in [0.25, 0.3) is 0 Å². The molecule has 0 aromatic heterocycles. The minimum absolute atomic E-state index is 0. The Balaban J connectivity index is 0. The van der Waals surface area contributed by atoms with Crippen LogP contribution in [0.5, 0.6) is 0 Å². The first-order chi connectivity index (χ1) is 2.81. The maximum absolute atomic E-state index is 10.3. The zero-order chi connectivity index (χ0) is 4.99. The number of halogens is 2. The molecule has 0 fully saturated rings. The Morgan fingerprint density at radius 2 is 1.57 bits per heavy atom. The van der Waals surface area contributed by atoms with Gasteiger partial charge >= 0.3 is 27.1 Å². The van der Waals surface area contributed by atoms with Gasteiger partial charge in [0, 0.05) is 0 Å². The van der Waals surface area contributed by atoms with Gasteiger partial charge in [0.2, 0.25) is 0 Å². The summed E-state index contributed by atoms with van der Waals surface area (Å²) in [5, 5.41) is 0. The van der Waals surface area contributed by atoms with Crippen LogP contribution in [0.15, 0.2) is 0 Å². The van der Waals surface area contributed by atoms with Crippen molar-refractivity contribution in [3.8, 4) is 0 Å². The molecule has 0 spiro atoms. The molecule has 0 unspecified atom stereocenters. The predicted octanol–water partition coefficient (Wildman–Crippen LogP) is 0.530. The van der Waals surface area contributed by atoms with E-state index in [1.165, 1.54) is 0 Å². The Bertz CT molecular complexity index is 50.9. The standard InChI is InChI=1S/F2HO3P.Li.H/c1-4-6(3)5-2;;/h6H;;. The van der Waals surface area contributed by atoms with Gasteiger partial charge in [-0.2, -0.15) is 0 Å². The normalized spacial score (nSPS) is 8.43. The van der Waals surface area contributed by atoms with Gasteiger partial charge in [0.05, 0.1) is 0 Å². The van der Waals surface area contributed by atoms with Crippen molar-refractivity contribution in [3.05, 3.63) is 0 Å². The zero-order valence-electron chi connectivity index (χ0n) is 2.48. The van der Waals surface area contributed by atoms with Gasteiger partial charge in [0.15, 0.2) is 0 Å². The second-order valence-corrected chi connectivity index (χ2v) is 1.21. The average molecular weight is 126 g/mol. The molecular formula is H2F2LiO3P. The fourth-order valence-corrected chi connectivity index (χ4v) is 0.0357. The summed E-state index contributed by atoms with van der Waals surface area (Å²) in [5.41, 5.74) is 0. The fourth-order valence-electron chi connectivity index (χ4n) is 0.0119. The van der Waals surface area contributed by atoms with Crippen molar-refractivity contribution >= 4 is 27.1 Å². The van der Waals surface area contributed by atoms with E-state index in [4.69, 9.17) is 0 Å². The first kappa shape index (κ1) is 10.6. The molecule has 0 saturated carbocycles. The molecule has 0 aromatic rings. The van der Waals surface area contributed by atoms with E-state index in [2.05, 4.69) is 9.46 Å². The summed E-state index contributed by atoms with van der Waals surface area (Å²) in [6.45, 7) is 0. The summed E-state index contributed by atoms with van der Waals surface area (Å²) >= 11 is 0. The van der Waals surface area contributed by atoms with Gasteiger partial charge < -0.3 is 0 Å². The van der Waals surface area contributed by atoms with E-state index in [-0.39, 0.29) is 18.9 Å². The molecule has 0 atom stereocenters. The second-order valence-electron chi connectivity index (χ2n) is 0.404. The van der Waals surface area contributed by atoms with Crippen LogP contribution in [0.2, 0.25) is 0 Å². The van der Waals surface area contributed by atoms with E-state index in [1.807, 2.05) is 0 Å². The van der Waals surface area contributed by atoms with E-state index in [0.29, 0.717) is 0 Å². The number of hydrogen-bond acceptors (Lipinski definition) is 3. The molecule has 0 bridgehead atoms. The third kappa shape index (κ3) is 6.61. The SMILES string of the molecule is O=[PH](OF)OF.[LiH]. The number of hydrogen-bond donors (Lipinski definition) is 0. The molecule has 0 rings (SSSR count). The van der Waals surface area contributed by atoms with Crippen molar-refractivity contribution < 1.29 is 23.1 Å². The first-order valence-electron chi connectivity index (χ1n) is 0.921. The topological polar surface area (TPSA) is 35.5 Å². The third-order valence-electron chi connectivity index (χ3n) is 0.126. The van der Waals surface area contributed by atoms with Crippen molar-refractivity contribution in [2.24, 2.45) is 0 Å². The molecule has 0 aliphatic heterocycles. The molecule has 7 heavy (non-hydrogen) atoms. The quantitative estimate of drug-likeness (QED) is 0.399. The van der Waals surface area contributed by atoms with Crippen molar-refractivity contribution in [2.45, 2.75) is 0 Å². The van der Waals surface area contributed by atoms with Crippen molar-refractivity contribution in [2.75, 3.05) is 0 Å². The Morgan fingerprint density at radius 3 is 1.57 bits per heavy atom. The second kappa shape index (κ2) is 6.61. The van der Waals surface area contributed by atoms with E-state index in [9.17, 15) is 13.6 Å². The van der Waals surface area contributed by atoms with Gasteiger partial charge in [-0.1, -0.05) is 0 Å². The Kier molecular flexibility index (Phi) is 9.97. The fraction of sp³-hybridized carbons (Fsp3) is 0. The predicted molar refractivity (Wildman–Crippen MR) is 20.5 cm³/mol. The van der Waals surface area contributed by atoms with Crippen LogP contribution in [0.4, 0.5) is 9.05 Å². The minimum atomic E-state index is -3.45. The zero-order valence-corrected chi connectivity index (χ0v) is 3.48. The molecular weight excluding hydrogens is 124 g/mol. The van der Waals surface area contributed by atoms with Gasteiger partial charge in [0.1, 0.15) is 0 Å². The summed E-state index contributed by atoms with van der Waals surface area (Å²) in [7, 11) is -3.45. The van der Waals surface area contributed by atoms with Gasteiger partial charge in [-0.05, 0) is 9.05 Å². The van der Waals surface area contributed by atoms with Crippen molar-refractivity contribution in [3.63, 3.8) is 0 Å². The van der Waals surface area contributed by atoms with Gasteiger partial charge in [-0.15, -0.1) is 9.46 Å². The molecule has 0 amide bonds. The molecule has 0 N–H and O–H groups in total. The van der Waals surface area contributed by atoms with Crippen LogP contribution < -0.4 is 0 Å². The van der Waals surface area contributed by atoms with E-state index in [0.717, 1.165) is 0 Å². The Hall–Kier alpha value is 0.607. The van der Waals surface area contributed by atoms with Crippen LogP contribution in [0, 0.1) is 0 Å². The Labute approximate surface area is 50.9 Å². The molecule has 0 aliphatic carbocycles. The molecule has 40 valence electrons. The van der Waals surface area contributed by atoms with Crippen LogP contribution >= 0.6 is 8.25 Å². The monoisotopic (exact) mass is 126 g/mol. The maximum atomic E-state index is 10.3. The summed E-state index contributed by atoms with van der Waals surface area (Å²) in [5.74, 6) is 0. The summed E-state index contributed by atoms with van der Waals surface area (Å²) in [6, 6.07) is 0.